The zero-order valence-electron chi connectivity index (χ0n) is 15.6. The summed E-state index contributed by atoms with van der Waals surface area (Å²) in [7, 11) is 1.65. The molecule has 6 heteroatoms. The van der Waals surface area contributed by atoms with Crippen LogP contribution in [0.2, 0.25) is 5.02 Å². The molecule has 1 amide bonds. The Hall–Kier alpha value is -3.05. The number of methoxy groups -OCH3 is 1. The molecule has 3 aromatic rings. The highest BCUT2D eigenvalue weighted by molar-refractivity contribution is 6.30. The van der Waals surface area contributed by atoms with Gasteiger partial charge in [0.1, 0.15) is 11.6 Å². The van der Waals surface area contributed by atoms with Gasteiger partial charge < -0.3 is 15.4 Å². The summed E-state index contributed by atoms with van der Waals surface area (Å²) in [6.07, 6.45) is 2.32. The first-order chi connectivity index (χ1) is 13.7. The van der Waals surface area contributed by atoms with Crippen molar-refractivity contribution in [2.75, 3.05) is 19.0 Å². The minimum absolute atomic E-state index is 0.133. The smallest absolute Gasteiger partial charge is 0.251 e. The van der Waals surface area contributed by atoms with E-state index >= 15 is 0 Å². The van der Waals surface area contributed by atoms with Crippen molar-refractivity contribution in [2.45, 2.75) is 13.0 Å². The molecule has 1 heterocycles. The van der Waals surface area contributed by atoms with Crippen LogP contribution in [0.25, 0.3) is 0 Å². The Kier molecular flexibility index (Phi) is 6.87. The Balaban J connectivity index is 1.54. The number of hydrogen-bond acceptors (Lipinski definition) is 4. The number of carbonyl (C=O) groups excluding carboxylic acids is 1. The SMILES string of the molecule is COc1ccccc1CCNC(=O)c1ccnc(NCc2ccc(Cl)cc2)c1. The molecule has 0 unspecified atom stereocenters. The third-order valence-electron chi connectivity index (χ3n) is 4.28. The number of benzene rings is 2. The quantitative estimate of drug-likeness (QED) is 0.596. The van der Waals surface area contributed by atoms with Gasteiger partial charge >= 0.3 is 0 Å². The fourth-order valence-electron chi connectivity index (χ4n) is 2.79. The molecule has 0 radical (unpaired) electrons. The van der Waals surface area contributed by atoms with Gasteiger partial charge in [-0.15, -0.1) is 0 Å². The van der Waals surface area contributed by atoms with Crippen LogP contribution in [-0.2, 0) is 13.0 Å². The van der Waals surface area contributed by atoms with Gasteiger partial charge in [0.05, 0.1) is 7.11 Å². The van der Waals surface area contributed by atoms with Crippen molar-refractivity contribution in [1.29, 1.82) is 0 Å². The topological polar surface area (TPSA) is 63.2 Å². The summed E-state index contributed by atoms with van der Waals surface area (Å²) in [4.78, 5) is 16.7. The fourth-order valence-corrected chi connectivity index (χ4v) is 2.91. The molecular weight excluding hydrogens is 374 g/mol. The summed E-state index contributed by atoms with van der Waals surface area (Å²) >= 11 is 5.90. The Labute approximate surface area is 169 Å². The number of para-hydroxylation sites is 1. The number of halogens is 1. The lowest BCUT2D eigenvalue weighted by atomic mass is 10.1. The fraction of sp³-hybridized carbons (Fsp3) is 0.182. The van der Waals surface area contributed by atoms with Crippen LogP contribution in [0.1, 0.15) is 21.5 Å². The van der Waals surface area contributed by atoms with Gasteiger partial charge in [0.2, 0.25) is 0 Å². The number of aromatic nitrogens is 1. The first-order valence-corrected chi connectivity index (χ1v) is 9.38. The van der Waals surface area contributed by atoms with Crippen LogP contribution < -0.4 is 15.4 Å². The maximum atomic E-state index is 12.4. The van der Waals surface area contributed by atoms with Gasteiger partial charge in [-0.05, 0) is 47.9 Å². The van der Waals surface area contributed by atoms with E-state index in [-0.39, 0.29) is 5.91 Å². The van der Waals surface area contributed by atoms with Crippen LogP contribution in [-0.4, -0.2) is 24.5 Å². The summed E-state index contributed by atoms with van der Waals surface area (Å²) < 4.78 is 5.34. The molecule has 0 spiro atoms. The Morgan fingerprint density at radius 3 is 2.68 bits per heavy atom. The number of anilines is 1. The number of carbonyl (C=O) groups is 1. The molecule has 1 aromatic heterocycles. The van der Waals surface area contributed by atoms with E-state index in [4.69, 9.17) is 16.3 Å². The summed E-state index contributed by atoms with van der Waals surface area (Å²) in [6, 6.07) is 18.8. The minimum Gasteiger partial charge on any atom is -0.496 e. The lowest BCUT2D eigenvalue weighted by Crippen LogP contribution is -2.26. The van der Waals surface area contributed by atoms with E-state index in [1.807, 2.05) is 48.5 Å². The second-order valence-electron chi connectivity index (χ2n) is 6.23. The van der Waals surface area contributed by atoms with Gasteiger partial charge in [-0.1, -0.05) is 41.9 Å². The van der Waals surface area contributed by atoms with Gasteiger partial charge in [0.25, 0.3) is 5.91 Å². The lowest BCUT2D eigenvalue weighted by molar-refractivity contribution is 0.0954. The lowest BCUT2D eigenvalue weighted by Gasteiger charge is -2.10. The highest BCUT2D eigenvalue weighted by atomic mass is 35.5. The van der Waals surface area contributed by atoms with Crippen LogP contribution in [0.4, 0.5) is 5.82 Å². The van der Waals surface area contributed by atoms with E-state index in [2.05, 4.69) is 15.6 Å². The van der Waals surface area contributed by atoms with Crippen molar-refractivity contribution in [3.63, 3.8) is 0 Å². The number of ether oxygens (including phenoxy) is 1. The molecule has 0 aliphatic heterocycles. The molecule has 28 heavy (non-hydrogen) atoms. The van der Waals surface area contributed by atoms with Gasteiger partial charge in [-0.2, -0.15) is 0 Å². The number of hydrogen-bond donors (Lipinski definition) is 2. The molecule has 0 aliphatic rings. The summed E-state index contributed by atoms with van der Waals surface area (Å²) in [5, 5.41) is 6.87. The molecule has 5 nitrogen and oxygen atoms in total. The number of nitrogens with zero attached hydrogens (tertiary/aromatic N) is 1. The van der Waals surface area contributed by atoms with Crippen molar-refractivity contribution in [3.05, 3.63) is 88.6 Å². The first-order valence-electron chi connectivity index (χ1n) is 9.00. The second kappa shape index (κ2) is 9.76. The van der Waals surface area contributed by atoms with Gasteiger partial charge in [-0.25, -0.2) is 4.98 Å². The van der Waals surface area contributed by atoms with E-state index < -0.39 is 0 Å². The third-order valence-corrected chi connectivity index (χ3v) is 4.53. The van der Waals surface area contributed by atoms with Crippen molar-refractivity contribution in [1.82, 2.24) is 10.3 Å². The zero-order chi connectivity index (χ0) is 19.8. The van der Waals surface area contributed by atoms with E-state index in [9.17, 15) is 4.79 Å². The largest absolute Gasteiger partial charge is 0.496 e. The van der Waals surface area contributed by atoms with Gasteiger partial charge in [0.15, 0.2) is 0 Å². The molecule has 0 atom stereocenters. The normalized spacial score (nSPS) is 10.4. The Bertz CT molecular complexity index is 929. The molecular formula is C22H22ClN3O2. The number of nitrogens with one attached hydrogen (secondary N) is 2. The van der Waals surface area contributed by atoms with Crippen LogP contribution in [0.3, 0.4) is 0 Å². The predicted molar refractivity (Wildman–Crippen MR) is 112 cm³/mol. The highest BCUT2D eigenvalue weighted by Gasteiger charge is 2.08. The first kappa shape index (κ1) is 19.7. The van der Waals surface area contributed by atoms with E-state index in [0.29, 0.717) is 35.9 Å². The van der Waals surface area contributed by atoms with Crippen molar-refractivity contribution in [2.24, 2.45) is 0 Å². The third kappa shape index (κ3) is 5.47. The highest BCUT2D eigenvalue weighted by Crippen LogP contribution is 2.17. The van der Waals surface area contributed by atoms with Crippen LogP contribution in [0.15, 0.2) is 66.9 Å². The summed E-state index contributed by atoms with van der Waals surface area (Å²) in [6.45, 7) is 1.12. The molecule has 144 valence electrons. The van der Waals surface area contributed by atoms with Crippen LogP contribution >= 0.6 is 11.6 Å². The zero-order valence-corrected chi connectivity index (χ0v) is 16.4. The van der Waals surface area contributed by atoms with Crippen molar-refractivity contribution in [3.8, 4) is 5.75 Å². The molecule has 2 N–H and O–H groups in total. The van der Waals surface area contributed by atoms with Gasteiger partial charge in [0, 0.05) is 29.9 Å². The standard InChI is InChI=1S/C22H22ClN3O2/c1-28-20-5-3-2-4-17(20)10-13-25-22(27)18-11-12-24-21(14-18)26-15-16-6-8-19(23)9-7-16/h2-9,11-12,14H,10,13,15H2,1H3,(H,24,26)(H,25,27). The molecule has 0 saturated carbocycles. The molecule has 3 rings (SSSR count). The van der Waals surface area contributed by atoms with Crippen molar-refractivity contribution >= 4 is 23.3 Å². The average Bonchev–Trinajstić information content (AvgIpc) is 2.74. The Morgan fingerprint density at radius 1 is 1.11 bits per heavy atom. The molecule has 0 fully saturated rings. The van der Waals surface area contributed by atoms with Crippen LogP contribution in [0, 0.1) is 0 Å². The van der Waals surface area contributed by atoms with E-state index in [1.54, 1.807) is 25.4 Å². The number of rotatable bonds is 8. The van der Waals surface area contributed by atoms with E-state index in [0.717, 1.165) is 16.9 Å². The molecule has 0 saturated heterocycles. The monoisotopic (exact) mass is 395 g/mol. The minimum atomic E-state index is -0.133. The maximum Gasteiger partial charge on any atom is 0.251 e. The van der Waals surface area contributed by atoms with Crippen LogP contribution in [0.5, 0.6) is 5.75 Å². The average molecular weight is 396 g/mol. The molecule has 2 aromatic carbocycles. The second-order valence-corrected chi connectivity index (χ2v) is 6.66. The van der Waals surface area contributed by atoms with Crippen molar-refractivity contribution < 1.29 is 9.53 Å². The summed E-state index contributed by atoms with van der Waals surface area (Å²) in [5.41, 5.74) is 2.71. The number of amides is 1. The summed E-state index contributed by atoms with van der Waals surface area (Å²) in [5.74, 6) is 1.34. The van der Waals surface area contributed by atoms with Gasteiger partial charge in [-0.3, -0.25) is 4.79 Å². The number of pyridine rings is 1. The maximum absolute atomic E-state index is 12.4. The molecule has 0 bridgehead atoms. The van der Waals surface area contributed by atoms with E-state index in [1.165, 1.54) is 0 Å². The molecule has 0 aliphatic carbocycles. The Morgan fingerprint density at radius 2 is 1.89 bits per heavy atom. The predicted octanol–water partition coefficient (Wildman–Crippen LogP) is 4.33.